The number of benzene rings is 2. The smallest absolute Gasteiger partial charge is 0.0408 e. The number of nitrogens with one attached hydrogen (secondary N) is 1. The van der Waals surface area contributed by atoms with E-state index >= 15 is 0 Å². The Hall–Kier alpha value is -0.740. The number of hydrogen-bond donors (Lipinski definition) is 1. The van der Waals surface area contributed by atoms with Gasteiger partial charge in [-0.2, -0.15) is 0 Å². The Morgan fingerprint density at radius 1 is 1.06 bits per heavy atom. The lowest BCUT2D eigenvalue weighted by Gasteiger charge is -2.13. The van der Waals surface area contributed by atoms with Gasteiger partial charge in [-0.05, 0) is 76.9 Å². The number of anilines is 1. The highest BCUT2D eigenvalue weighted by Crippen LogP contribution is 2.27. The van der Waals surface area contributed by atoms with Crippen molar-refractivity contribution in [2.24, 2.45) is 0 Å². The fourth-order valence-corrected chi connectivity index (χ4v) is 3.24. The molecule has 2 aromatic rings. The van der Waals surface area contributed by atoms with Crippen LogP contribution in [0.4, 0.5) is 5.69 Å². The summed E-state index contributed by atoms with van der Waals surface area (Å²) in [4.78, 5) is 0. The number of fused-ring (bicyclic) bond motifs is 1. The van der Waals surface area contributed by atoms with Crippen molar-refractivity contribution < 1.29 is 0 Å². The third-order valence-electron chi connectivity index (χ3n) is 3.30. The Labute approximate surface area is 126 Å². The molecular formula is C15H13ClIN. The predicted molar refractivity (Wildman–Crippen MR) is 85.4 cm³/mol. The molecule has 0 saturated heterocycles. The summed E-state index contributed by atoms with van der Waals surface area (Å²) in [6.45, 7) is 0. The summed E-state index contributed by atoms with van der Waals surface area (Å²) >= 11 is 8.37. The first-order chi connectivity index (χ1) is 8.70. The molecule has 0 bridgehead atoms. The van der Waals surface area contributed by atoms with E-state index in [1.807, 2.05) is 6.07 Å². The van der Waals surface area contributed by atoms with Gasteiger partial charge in [0.15, 0.2) is 0 Å². The molecular weight excluding hydrogens is 357 g/mol. The molecule has 0 fully saturated rings. The van der Waals surface area contributed by atoms with Gasteiger partial charge in [0, 0.05) is 20.3 Å². The molecule has 92 valence electrons. The number of rotatable bonds is 2. The molecule has 0 saturated carbocycles. The molecule has 1 aliphatic carbocycles. The fraction of sp³-hybridized carbons (Fsp3) is 0.200. The van der Waals surface area contributed by atoms with Crippen molar-refractivity contribution in [1.29, 1.82) is 0 Å². The Kier molecular flexibility index (Phi) is 3.48. The van der Waals surface area contributed by atoms with Crippen LogP contribution in [0.25, 0.3) is 0 Å². The second kappa shape index (κ2) is 5.10. The Morgan fingerprint density at radius 3 is 2.72 bits per heavy atom. The van der Waals surface area contributed by atoms with Crippen molar-refractivity contribution in [3.05, 3.63) is 62.2 Å². The average Bonchev–Trinajstić information content (AvgIpc) is 2.70. The molecule has 0 aromatic heterocycles. The number of hydrogen-bond acceptors (Lipinski definition) is 1. The maximum atomic E-state index is 6.03. The van der Waals surface area contributed by atoms with Crippen molar-refractivity contribution in [1.82, 2.24) is 0 Å². The van der Waals surface area contributed by atoms with Gasteiger partial charge in [-0.25, -0.2) is 0 Å². The van der Waals surface area contributed by atoms with Gasteiger partial charge in [-0.15, -0.1) is 0 Å². The van der Waals surface area contributed by atoms with E-state index in [4.69, 9.17) is 11.6 Å². The first-order valence-corrected chi connectivity index (χ1v) is 7.46. The normalized spacial score (nSPS) is 17.6. The summed E-state index contributed by atoms with van der Waals surface area (Å²) in [7, 11) is 0. The summed E-state index contributed by atoms with van der Waals surface area (Å²) in [6, 6.07) is 15.2. The highest BCUT2D eigenvalue weighted by molar-refractivity contribution is 14.1. The lowest BCUT2D eigenvalue weighted by molar-refractivity contribution is 0.774. The minimum Gasteiger partial charge on any atom is -0.382 e. The lowest BCUT2D eigenvalue weighted by atomic mass is 10.1. The van der Waals surface area contributed by atoms with E-state index in [1.165, 1.54) is 20.4 Å². The highest BCUT2D eigenvalue weighted by atomic mass is 127. The van der Waals surface area contributed by atoms with Crippen molar-refractivity contribution >= 4 is 39.9 Å². The molecule has 1 aliphatic rings. The molecule has 0 heterocycles. The predicted octanol–water partition coefficient (Wildman–Crippen LogP) is 4.52. The van der Waals surface area contributed by atoms with Crippen LogP contribution in [0.2, 0.25) is 5.02 Å². The van der Waals surface area contributed by atoms with Crippen LogP contribution in [-0.2, 0) is 12.8 Å². The highest BCUT2D eigenvalue weighted by Gasteiger charge is 2.21. The van der Waals surface area contributed by atoms with Gasteiger partial charge in [0.2, 0.25) is 0 Å². The van der Waals surface area contributed by atoms with Gasteiger partial charge in [-0.1, -0.05) is 23.7 Å². The standard InChI is InChI=1S/C15H13ClIN/c16-12-5-4-10-7-15(8-11(10)6-12)18-14-3-1-2-13(17)9-14/h1-6,9,15,18H,7-8H2. The van der Waals surface area contributed by atoms with Crippen LogP contribution in [0.3, 0.4) is 0 Å². The maximum Gasteiger partial charge on any atom is 0.0408 e. The van der Waals surface area contributed by atoms with Crippen LogP contribution in [0.5, 0.6) is 0 Å². The maximum absolute atomic E-state index is 6.03. The van der Waals surface area contributed by atoms with Gasteiger partial charge in [0.05, 0.1) is 0 Å². The molecule has 3 rings (SSSR count). The molecule has 1 N–H and O–H groups in total. The monoisotopic (exact) mass is 369 g/mol. The second-order valence-electron chi connectivity index (χ2n) is 4.67. The molecule has 0 amide bonds. The van der Waals surface area contributed by atoms with Crippen LogP contribution in [0.1, 0.15) is 11.1 Å². The molecule has 0 spiro atoms. The summed E-state index contributed by atoms with van der Waals surface area (Å²) in [6.07, 6.45) is 2.14. The zero-order valence-electron chi connectivity index (χ0n) is 9.79. The van der Waals surface area contributed by atoms with E-state index in [0.717, 1.165) is 17.9 Å². The fourth-order valence-electron chi connectivity index (χ4n) is 2.50. The summed E-state index contributed by atoms with van der Waals surface area (Å²) < 4.78 is 1.26. The van der Waals surface area contributed by atoms with Gasteiger partial charge < -0.3 is 5.32 Å². The van der Waals surface area contributed by atoms with E-state index in [1.54, 1.807) is 0 Å². The zero-order valence-corrected chi connectivity index (χ0v) is 12.7. The molecule has 1 unspecified atom stereocenters. The largest absolute Gasteiger partial charge is 0.382 e. The summed E-state index contributed by atoms with van der Waals surface area (Å²) in [5, 5.41) is 4.44. The van der Waals surface area contributed by atoms with Gasteiger partial charge in [0.1, 0.15) is 0 Å². The third kappa shape index (κ3) is 2.64. The van der Waals surface area contributed by atoms with Crippen molar-refractivity contribution in [3.63, 3.8) is 0 Å². The van der Waals surface area contributed by atoms with Crippen molar-refractivity contribution in [3.8, 4) is 0 Å². The first kappa shape index (κ1) is 12.3. The Bertz CT molecular complexity index is 582. The van der Waals surface area contributed by atoms with E-state index in [-0.39, 0.29) is 0 Å². The number of halogens is 2. The lowest BCUT2D eigenvalue weighted by Crippen LogP contribution is -2.19. The molecule has 1 nitrogen and oxygen atoms in total. The summed E-state index contributed by atoms with van der Waals surface area (Å²) in [5.41, 5.74) is 4.00. The van der Waals surface area contributed by atoms with E-state index < -0.39 is 0 Å². The van der Waals surface area contributed by atoms with Gasteiger partial charge in [-0.3, -0.25) is 0 Å². The zero-order chi connectivity index (χ0) is 12.5. The van der Waals surface area contributed by atoms with E-state index in [0.29, 0.717) is 6.04 Å². The van der Waals surface area contributed by atoms with Crippen LogP contribution < -0.4 is 5.32 Å². The quantitative estimate of drug-likeness (QED) is 0.767. The molecule has 2 aromatic carbocycles. The third-order valence-corrected chi connectivity index (χ3v) is 4.20. The molecule has 18 heavy (non-hydrogen) atoms. The van der Waals surface area contributed by atoms with E-state index in [9.17, 15) is 0 Å². The minimum atomic E-state index is 0.483. The minimum absolute atomic E-state index is 0.483. The molecule has 3 heteroatoms. The van der Waals surface area contributed by atoms with Crippen LogP contribution in [0, 0.1) is 3.57 Å². The van der Waals surface area contributed by atoms with E-state index in [2.05, 4.69) is 64.3 Å². The first-order valence-electron chi connectivity index (χ1n) is 6.00. The Morgan fingerprint density at radius 2 is 1.89 bits per heavy atom. The van der Waals surface area contributed by atoms with Crippen LogP contribution >= 0.6 is 34.2 Å². The van der Waals surface area contributed by atoms with Gasteiger partial charge >= 0.3 is 0 Å². The Balaban J connectivity index is 1.74. The molecule has 1 atom stereocenters. The molecule has 0 radical (unpaired) electrons. The molecule has 0 aliphatic heterocycles. The van der Waals surface area contributed by atoms with Gasteiger partial charge in [0.25, 0.3) is 0 Å². The van der Waals surface area contributed by atoms with Crippen molar-refractivity contribution in [2.45, 2.75) is 18.9 Å². The average molecular weight is 370 g/mol. The van der Waals surface area contributed by atoms with Crippen LogP contribution in [0.15, 0.2) is 42.5 Å². The second-order valence-corrected chi connectivity index (χ2v) is 6.35. The summed E-state index contributed by atoms with van der Waals surface area (Å²) in [5.74, 6) is 0. The topological polar surface area (TPSA) is 12.0 Å². The SMILES string of the molecule is Clc1ccc2c(c1)CC(Nc1cccc(I)c1)C2. The van der Waals surface area contributed by atoms with Crippen molar-refractivity contribution in [2.75, 3.05) is 5.32 Å². The van der Waals surface area contributed by atoms with Crippen LogP contribution in [-0.4, -0.2) is 6.04 Å².